The molecule has 1 amide bonds. The van der Waals surface area contributed by atoms with Crippen LogP contribution in [0.25, 0.3) is 0 Å². The van der Waals surface area contributed by atoms with Crippen molar-refractivity contribution >= 4 is 17.8 Å². The van der Waals surface area contributed by atoms with E-state index in [1.165, 1.54) is 18.2 Å². The van der Waals surface area contributed by atoms with E-state index in [2.05, 4.69) is 20.3 Å². The van der Waals surface area contributed by atoms with Gasteiger partial charge in [0.1, 0.15) is 5.82 Å². The Balaban J connectivity index is 1.75. The van der Waals surface area contributed by atoms with Crippen molar-refractivity contribution in [1.82, 2.24) is 20.3 Å². The highest BCUT2D eigenvalue weighted by Gasteiger charge is 2.17. The molecule has 138 valence electrons. The lowest BCUT2D eigenvalue weighted by atomic mass is 10.2. The number of morpholine rings is 1. The van der Waals surface area contributed by atoms with Gasteiger partial charge in [0.2, 0.25) is 11.9 Å². The van der Waals surface area contributed by atoms with Crippen LogP contribution >= 0.6 is 0 Å². The number of amides is 1. The lowest BCUT2D eigenvalue weighted by Gasteiger charge is -2.27. The molecule has 0 spiro atoms. The molecule has 1 aliphatic rings. The topological polar surface area (TPSA) is 83.5 Å². The molecule has 26 heavy (non-hydrogen) atoms. The van der Waals surface area contributed by atoms with Gasteiger partial charge in [0.05, 0.1) is 19.8 Å². The molecule has 1 aromatic carbocycles. The van der Waals surface area contributed by atoms with Crippen LogP contribution in [-0.4, -0.2) is 61.3 Å². The van der Waals surface area contributed by atoms with Crippen LogP contribution < -0.4 is 15.1 Å². The standard InChI is InChI=1S/C17H21FN6O2/c1-23(2)16-20-14(21-17(22-16)24-6-8-26-9-7-24)11-19-15(25)12-4-3-5-13(18)10-12/h3-5,10H,6-9,11H2,1-2H3,(H,19,25). The van der Waals surface area contributed by atoms with Crippen LogP contribution in [0.2, 0.25) is 0 Å². The van der Waals surface area contributed by atoms with Gasteiger partial charge >= 0.3 is 0 Å². The maximum absolute atomic E-state index is 13.3. The number of carbonyl (C=O) groups is 1. The smallest absolute Gasteiger partial charge is 0.251 e. The van der Waals surface area contributed by atoms with E-state index in [1.54, 1.807) is 11.0 Å². The second kappa shape index (κ2) is 8.05. The normalized spacial score (nSPS) is 14.2. The van der Waals surface area contributed by atoms with Crippen LogP contribution in [0.15, 0.2) is 24.3 Å². The maximum Gasteiger partial charge on any atom is 0.251 e. The van der Waals surface area contributed by atoms with Crippen LogP contribution in [0.4, 0.5) is 16.3 Å². The zero-order valence-corrected chi connectivity index (χ0v) is 14.8. The first-order valence-corrected chi connectivity index (χ1v) is 8.31. The van der Waals surface area contributed by atoms with Crippen LogP contribution in [0.1, 0.15) is 16.2 Å². The summed E-state index contributed by atoms with van der Waals surface area (Å²) < 4.78 is 18.6. The van der Waals surface area contributed by atoms with Crippen LogP contribution in [0.5, 0.6) is 0 Å². The summed E-state index contributed by atoms with van der Waals surface area (Å²) in [6.07, 6.45) is 0. The molecule has 9 heteroatoms. The zero-order chi connectivity index (χ0) is 18.5. The van der Waals surface area contributed by atoms with Gasteiger partial charge in [0.15, 0.2) is 5.82 Å². The monoisotopic (exact) mass is 360 g/mol. The predicted octanol–water partition coefficient (Wildman–Crippen LogP) is 0.843. The van der Waals surface area contributed by atoms with Gasteiger partial charge in [-0.15, -0.1) is 0 Å². The number of hydrogen-bond donors (Lipinski definition) is 1. The van der Waals surface area contributed by atoms with Crippen molar-refractivity contribution in [2.45, 2.75) is 6.54 Å². The number of rotatable bonds is 5. The van der Waals surface area contributed by atoms with E-state index in [1.807, 2.05) is 19.0 Å². The first-order valence-electron chi connectivity index (χ1n) is 8.31. The van der Waals surface area contributed by atoms with Crippen LogP contribution in [0.3, 0.4) is 0 Å². The molecule has 0 atom stereocenters. The van der Waals surface area contributed by atoms with Gasteiger partial charge in [0.25, 0.3) is 5.91 Å². The summed E-state index contributed by atoms with van der Waals surface area (Å²) in [4.78, 5) is 29.3. The third-order valence-corrected chi connectivity index (χ3v) is 3.85. The number of carbonyl (C=O) groups excluding carboxylic acids is 1. The average molecular weight is 360 g/mol. The third kappa shape index (κ3) is 4.42. The van der Waals surface area contributed by atoms with E-state index in [0.29, 0.717) is 44.0 Å². The number of aromatic nitrogens is 3. The Hall–Kier alpha value is -2.81. The number of nitrogens with one attached hydrogen (secondary N) is 1. The summed E-state index contributed by atoms with van der Waals surface area (Å²) in [6.45, 7) is 2.76. The largest absolute Gasteiger partial charge is 0.378 e. The van der Waals surface area contributed by atoms with Gasteiger partial charge in [-0.25, -0.2) is 4.39 Å². The first-order chi connectivity index (χ1) is 12.5. The molecule has 2 heterocycles. The summed E-state index contributed by atoms with van der Waals surface area (Å²) >= 11 is 0. The number of anilines is 2. The Labute approximate surface area is 151 Å². The number of halogens is 1. The van der Waals surface area contributed by atoms with Crippen molar-refractivity contribution in [3.05, 3.63) is 41.5 Å². The number of hydrogen-bond acceptors (Lipinski definition) is 7. The molecule has 0 aliphatic carbocycles. The molecule has 0 radical (unpaired) electrons. The number of benzene rings is 1. The molecule has 1 saturated heterocycles. The Bertz CT molecular complexity index is 780. The van der Waals surface area contributed by atoms with Crippen LogP contribution in [0, 0.1) is 5.82 Å². The van der Waals surface area contributed by atoms with Crippen molar-refractivity contribution in [1.29, 1.82) is 0 Å². The van der Waals surface area contributed by atoms with Crippen molar-refractivity contribution in [3.8, 4) is 0 Å². The molecule has 1 N–H and O–H groups in total. The van der Waals surface area contributed by atoms with Crippen LogP contribution in [-0.2, 0) is 11.3 Å². The lowest BCUT2D eigenvalue weighted by molar-refractivity contribution is 0.0949. The molecule has 1 fully saturated rings. The highest BCUT2D eigenvalue weighted by Crippen LogP contribution is 2.14. The fourth-order valence-electron chi connectivity index (χ4n) is 2.47. The summed E-state index contributed by atoms with van der Waals surface area (Å²) in [6, 6.07) is 5.53. The SMILES string of the molecule is CN(C)c1nc(CNC(=O)c2cccc(F)c2)nc(N2CCOCC2)n1. The molecular weight excluding hydrogens is 339 g/mol. The van der Waals surface area contributed by atoms with Gasteiger partial charge in [-0.05, 0) is 18.2 Å². The highest BCUT2D eigenvalue weighted by molar-refractivity contribution is 5.94. The van der Waals surface area contributed by atoms with Gasteiger partial charge < -0.3 is 19.9 Å². The molecule has 0 unspecified atom stereocenters. The highest BCUT2D eigenvalue weighted by atomic mass is 19.1. The Morgan fingerprint density at radius 3 is 2.73 bits per heavy atom. The quantitative estimate of drug-likeness (QED) is 0.846. The first kappa shape index (κ1) is 18.0. The van der Waals surface area contributed by atoms with E-state index in [0.717, 1.165) is 0 Å². The minimum atomic E-state index is -0.456. The van der Waals surface area contributed by atoms with E-state index >= 15 is 0 Å². The van der Waals surface area contributed by atoms with Gasteiger partial charge in [-0.1, -0.05) is 6.07 Å². The summed E-state index contributed by atoms with van der Waals surface area (Å²) in [5.74, 6) is 0.667. The molecular formula is C17H21FN6O2. The maximum atomic E-state index is 13.3. The van der Waals surface area contributed by atoms with E-state index < -0.39 is 5.82 Å². The summed E-state index contributed by atoms with van der Waals surface area (Å²) in [5, 5.41) is 2.72. The predicted molar refractivity (Wildman–Crippen MR) is 94.8 cm³/mol. The molecule has 8 nitrogen and oxygen atoms in total. The van der Waals surface area contributed by atoms with Crippen molar-refractivity contribution < 1.29 is 13.9 Å². The minimum absolute atomic E-state index is 0.121. The third-order valence-electron chi connectivity index (χ3n) is 3.85. The minimum Gasteiger partial charge on any atom is -0.378 e. The fourth-order valence-corrected chi connectivity index (χ4v) is 2.47. The Morgan fingerprint density at radius 1 is 1.27 bits per heavy atom. The molecule has 3 rings (SSSR count). The summed E-state index contributed by atoms with van der Waals surface area (Å²) in [5.41, 5.74) is 0.250. The molecule has 1 aromatic heterocycles. The van der Waals surface area contributed by atoms with Crippen molar-refractivity contribution in [2.75, 3.05) is 50.2 Å². The van der Waals surface area contributed by atoms with Gasteiger partial charge in [-0.2, -0.15) is 15.0 Å². The van der Waals surface area contributed by atoms with Gasteiger partial charge in [-0.3, -0.25) is 4.79 Å². The van der Waals surface area contributed by atoms with Crippen molar-refractivity contribution in [3.63, 3.8) is 0 Å². The molecule has 0 bridgehead atoms. The van der Waals surface area contributed by atoms with Gasteiger partial charge in [0, 0.05) is 32.7 Å². The number of nitrogens with zero attached hydrogens (tertiary/aromatic N) is 5. The van der Waals surface area contributed by atoms with E-state index in [4.69, 9.17) is 4.74 Å². The zero-order valence-electron chi connectivity index (χ0n) is 14.8. The Kier molecular flexibility index (Phi) is 5.57. The lowest BCUT2D eigenvalue weighted by Crippen LogP contribution is -2.38. The molecule has 1 aliphatic heterocycles. The second-order valence-corrected chi connectivity index (χ2v) is 6.04. The van der Waals surface area contributed by atoms with Crippen molar-refractivity contribution in [2.24, 2.45) is 0 Å². The second-order valence-electron chi connectivity index (χ2n) is 6.04. The molecule has 0 saturated carbocycles. The fraction of sp³-hybridized carbons (Fsp3) is 0.412. The van der Waals surface area contributed by atoms with E-state index in [-0.39, 0.29) is 18.0 Å². The summed E-state index contributed by atoms with van der Waals surface area (Å²) in [7, 11) is 3.68. The average Bonchev–Trinajstić information content (AvgIpc) is 2.66. The number of ether oxygens (including phenoxy) is 1. The van der Waals surface area contributed by atoms with E-state index in [9.17, 15) is 9.18 Å². The Morgan fingerprint density at radius 2 is 2.04 bits per heavy atom. The molecule has 2 aromatic rings.